The van der Waals surface area contributed by atoms with Crippen LogP contribution in [-0.4, -0.2) is 6.86 Å². The van der Waals surface area contributed by atoms with Gasteiger partial charge in [0.25, 0.3) is 0 Å². The number of ether oxygens (including phenoxy) is 2. The summed E-state index contributed by atoms with van der Waals surface area (Å²) >= 11 is 0. The van der Waals surface area contributed by atoms with Crippen molar-refractivity contribution in [2.75, 3.05) is 6.86 Å². The fourth-order valence-corrected chi connectivity index (χ4v) is 1.46. The molecule has 0 aliphatic carbocycles. The van der Waals surface area contributed by atoms with Crippen LogP contribution in [0, 0.1) is 0 Å². The van der Waals surface area contributed by atoms with Gasteiger partial charge in [-0.1, -0.05) is 36.4 Å². The van der Waals surface area contributed by atoms with Gasteiger partial charge < -0.3 is 9.47 Å². The Morgan fingerprint density at radius 1 is 0.824 bits per heavy atom. The Labute approximate surface area is 99.6 Å². The van der Waals surface area contributed by atoms with Crippen molar-refractivity contribution in [3.63, 3.8) is 0 Å². The van der Waals surface area contributed by atoms with E-state index < -0.39 is 6.86 Å². The van der Waals surface area contributed by atoms with Crippen molar-refractivity contribution in [2.45, 2.75) is 6.61 Å². The summed E-state index contributed by atoms with van der Waals surface area (Å²) in [5.74, 6) is 1.14. The molecule has 0 spiro atoms. The topological polar surface area (TPSA) is 18.5 Å². The smallest absolute Gasteiger partial charge is 0.228 e. The van der Waals surface area contributed by atoms with E-state index in [1.807, 2.05) is 36.4 Å². The summed E-state index contributed by atoms with van der Waals surface area (Å²) in [6, 6.07) is 16.8. The molecule has 0 heterocycles. The number of alkyl halides is 1. The average Bonchev–Trinajstić information content (AvgIpc) is 2.39. The van der Waals surface area contributed by atoms with Crippen molar-refractivity contribution in [3.05, 3.63) is 60.2 Å². The molecule has 2 rings (SSSR count). The van der Waals surface area contributed by atoms with Crippen LogP contribution in [0.25, 0.3) is 0 Å². The summed E-state index contributed by atoms with van der Waals surface area (Å²) in [6.45, 7) is -0.345. The number of benzene rings is 2. The molecule has 0 saturated heterocycles. The lowest BCUT2D eigenvalue weighted by Crippen LogP contribution is -1.96. The van der Waals surface area contributed by atoms with Gasteiger partial charge in [-0.15, -0.1) is 0 Å². The molecule has 0 aliphatic rings. The molecule has 0 aliphatic heterocycles. The van der Waals surface area contributed by atoms with E-state index in [4.69, 9.17) is 9.47 Å². The van der Waals surface area contributed by atoms with Crippen LogP contribution in [0.15, 0.2) is 54.6 Å². The van der Waals surface area contributed by atoms with Gasteiger partial charge >= 0.3 is 0 Å². The highest BCUT2D eigenvalue weighted by Crippen LogP contribution is 2.20. The Morgan fingerprint density at radius 2 is 1.53 bits per heavy atom. The average molecular weight is 232 g/mol. The summed E-state index contributed by atoms with van der Waals surface area (Å²) in [5.41, 5.74) is 1.09. The van der Waals surface area contributed by atoms with Crippen LogP contribution in [0.3, 0.4) is 0 Å². The van der Waals surface area contributed by atoms with E-state index >= 15 is 0 Å². The molecule has 0 bridgehead atoms. The number of hydrogen-bond donors (Lipinski definition) is 0. The highest BCUT2D eigenvalue weighted by Gasteiger charge is 1.98. The van der Waals surface area contributed by atoms with Crippen molar-refractivity contribution >= 4 is 0 Å². The summed E-state index contributed by atoms with van der Waals surface area (Å²) in [5, 5.41) is 0. The summed E-state index contributed by atoms with van der Waals surface area (Å²) in [4.78, 5) is 0. The molecular formula is C14H13FO2. The van der Waals surface area contributed by atoms with Crippen molar-refractivity contribution in [2.24, 2.45) is 0 Å². The highest BCUT2D eigenvalue weighted by molar-refractivity contribution is 5.33. The second-order valence-corrected chi connectivity index (χ2v) is 3.50. The second-order valence-electron chi connectivity index (χ2n) is 3.50. The highest BCUT2D eigenvalue weighted by atomic mass is 19.1. The predicted molar refractivity (Wildman–Crippen MR) is 63.8 cm³/mol. The Bertz CT molecular complexity index is 457. The van der Waals surface area contributed by atoms with Gasteiger partial charge in [0.1, 0.15) is 18.1 Å². The Morgan fingerprint density at radius 3 is 2.24 bits per heavy atom. The molecular weight excluding hydrogens is 219 g/mol. The molecule has 0 amide bonds. The third kappa shape index (κ3) is 3.48. The second kappa shape index (κ2) is 5.89. The predicted octanol–water partition coefficient (Wildman–Crippen LogP) is 3.57. The molecule has 2 nitrogen and oxygen atoms in total. The van der Waals surface area contributed by atoms with Crippen LogP contribution >= 0.6 is 0 Å². The third-order valence-electron chi connectivity index (χ3n) is 2.28. The lowest BCUT2D eigenvalue weighted by Gasteiger charge is -2.07. The van der Waals surface area contributed by atoms with Crippen molar-refractivity contribution in [1.29, 1.82) is 0 Å². The molecule has 0 aromatic heterocycles. The number of halogens is 1. The zero-order chi connectivity index (χ0) is 11.9. The quantitative estimate of drug-likeness (QED) is 0.784. The van der Waals surface area contributed by atoms with Gasteiger partial charge in [0, 0.05) is 6.07 Å². The van der Waals surface area contributed by atoms with Crippen molar-refractivity contribution in [3.8, 4) is 11.5 Å². The van der Waals surface area contributed by atoms with Crippen LogP contribution in [-0.2, 0) is 6.61 Å². The normalized spacial score (nSPS) is 9.94. The van der Waals surface area contributed by atoms with Crippen LogP contribution in [0.1, 0.15) is 5.56 Å². The Hall–Kier alpha value is -2.03. The van der Waals surface area contributed by atoms with Crippen LogP contribution in [0.5, 0.6) is 11.5 Å². The zero-order valence-corrected chi connectivity index (χ0v) is 9.30. The first kappa shape index (κ1) is 11.5. The van der Waals surface area contributed by atoms with Gasteiger partial charge in [0.05, 0.1) is 0 Å². The Kier molecular flexibility index (Phi) is 3.97. The van der Waals surface area contributed by atoms with Gasteiger partial charge in [-0.05, 0) is 17.7 Å². The minimum atomic E-state index is -0.831. The van der Waals surface area contributed by atoms with E-state index in [2.05, 4.69) is 0 Å². The number of hydrogen-bond acceptors (Lipinski definition) is 2. The van der Waals surface area contributed by atoms with Gasteiger partial charge in [-0.25, -0.2) is 4.39 Å². The fourth-order valence-electron chi connectivity index (χ4n) is 1.46. The molecule has 3 heteroatoms. The maximum atomic E-state index is 12.0. The van der Waals surface area contributed by atoms with Crippen LogP contribution in [0.2, 0.25) is 0 Å². The van der Waals surface area contributed by atoms with E-state index in [1.54, 1.807) is 18.2 Å². The van der Waals surface area contributed by atoms with E-state index in [9.17, 15) is 4.39 Å². The SMILES string of the molecule is FCOc1cccc(OCc2ccccc2)c1. The molecule has 0 saturated carbocycles. The lowest BCUT2D eigenvalue weighted by molar-refractivity contribution is 0.190. The molecule has 2 aromatic carbocycles. The summed E-state index contributed by atoms with van der Waals surface area (Å²) in [7, 11) is 0. The summed E-state index contributed by atoms with van der Waals surface area (Å²) < 4.78 is 22.3. The summed E-state index contributed by atoms with van der Waals surface area (Å²) in [6.07, 6.45) is 0. The monoisotopic (exact) mass is 232 g/mol. The molecule has 2 aromatic rings. The lowest BCUT2D eigenvalue weighted by atomic mass is 10.2. The third-order valence-corrected chi connectivity index (χ3v) is 2.28. The first-order valence-corrected chi connectivity index (χ1v) is 5.34. The van der Waals surface area contributed by atoms with Gasteiger partial charge in [0.15, 0.2) is 0 Å². The minimum Gasteiger partial charge on any atom is -0.489 e. The van der Waals surface area contributed by atoms with E-state index in [0.717, 1.165) is 5.56 Å². The van der Waals surface area contributed by atoms with Crippen molar-refractivity contribution < 1.29 is 13.9 Å². The Balaban J connectivity index is 1.97. The zero-order valence-electron chi connectivity index (χ0n) is 9.30. The maximum Gasteiger partial charge on any atom is 0.228 e. The first-order chi connectivity index (χ1) is 8.38. The fraction of sp³-hybridized carbons (Fsp3) is 0.143. The largest absolute Gasteiger partial charge is 0.489 e. The number of rotatable bonds is 5. The van der Waals surface area contributed by atoms with E-state index in [0.29, 0.717) is 18.1 Å². The van der Waals surface area contributed by atoms with E-state index in [-0.39, 0.29) is 0 Å². The van der Waals surface area contributed by atoms with Gasteiger partial charge in [-0.3, -0.25) is 0 Å². The standard InChI is InChI=1S/C14H13FO2/c15-11-17-14-8-4-7-13(9-14)16-10-12-5-2-1-3-6-12/h1-9H,10-11H2. The molecule has 0 unspecified atom stereocenters. The van der Waals surface area contributed by atoms with Gasteiger partial charge in [-0.2, -0.15) is 0 Å². The van der Waals surface area contributed by atoms with Gasteiger partial charge in [0.2, 0.25) is 6.86 Å². The van der Waals surface area contributed by atoms with Crippen molar-refractivity contribution in [1.82, 2.24) is 0 Å². The van der Waals surface area contributed by atoms with Crippen LogP contribution in [0.4, 0.5) is 4.39 Å². The minimum absolute atomic E-state index is 0.470. The molecule has 0 radical (unpaired) electrons. The maximum absolute atomic E-state index is 12.0. The molecule has 17 heavy (non-hydrogen) atoms. The molecule has 88 valence electrons. The van der Waals surface area contributed by atoms with E-state index in [1.165, 1.54) is 0 Å². The van der Waals surface area contributed by atoms with Crippen LogP contribution < -0.4 is 9.47 Å². The molecule has 0 atom stereocenters. The molecule has 0 N–H and O–H groups in total. The first-order valence-electron chi connectivity index (χ1n) is 5.34. The molecule has 0 fully saturated rings.